The monoisotopic (exact) mass is 559 g/mol. The quantitative estimate of drug-likeness (QED) is 0.247. The minimum Gasteiger partial charge on any atom is -0.356 e. The fraction of sp³-hybridized carbons (Fsp3) is 0.267. The first kappa shape index (κ1) is 29.1. The number of nitrogens with one attached hydrogen (secondary N) is 4. The summed E-state index contributed by atoms with van der Waals surface area (Å²) in [6, 6.07) is 16.3. The van der Waals surface area contributed by atoms with Crippen molar-refractivity contribution in [3.8, 4) is 0 Å². The molecule has 1 aliphatic rings. The van der Waals surface area contributed by atoms with Gasteiger partial charge in [-0.3, -0.25) is 29.0 Å². The fourth-order valence-electron chi connectivity index (χ4n) is 4.52. The van der Waals surface area contributed by atoms with E-state index in [4.69, 9.17) is 0 Å². The van der Waals surface area contributed by atoms with Crippen molar-refractivity contribution in [2.24, 2.45) is 5.92 Å². The molecule has 41 heavy (non-hydrogen) atoms. The number of hydrogen-bond donors (Lipinski definition) is 4. The van der Waals surface area contributed by atoms with Gasteiger partial charge in [-0.1, -0.05) is 60.7 Å². The molecule has 212 valence electrons. The average molecular weight is 560 g/mol. The maximum Gasteiger partial charge on any atom is 0.289 e. The summed E-state index contributed by atoms with van der Waals surface area (Å²) >= 11 is 0. The Balaban J connectivity index is 1.52. The van der Waals surface area contributed by atoms with Gasteiger partial charge in [0.15, 0.2) is 0 Å². The number of aromatic nitrogens is 1. The summed E-state index contributed by atoms with van der Waals surface area (Å²) in [6.45, 7) is 0.525. The number of pyridine rings is 1. The molecular formula is C30H30FN5O5. The third-order valence-corrected chi connectivity index (χ3v) is 6.71. The first-order valence-corrected chi connectivity index (χ1v) is 13.2. The number of carbonyl (C=O) groups is 5. The van der Waals surface area contributed by atoms with Crippen molar-refractivity contribution in [2.75, 3.05) is 6.54 Å². The fourth-order valence-corrected chi connectivity index (χ4v) is 4.52. The minimum atomic E-state index is -1.32. The van der Waals surface area contributed by atoms with Gasteiger partial charge in [0.25, 0.3) is 11.8 Å². The van der Waals surface area contributed by atoms with E-state index in [1.54, 1.807) is 54.6 Å². The van der Waals surface area contributed by atoms with Gasteiger partial charge in [-0.2, -0.15) is 0 Å². The number of amides is 4. The zero-order chi connectivity index (χ0) is 29.2. The van der Waals surface area contributed by atoms with E-state index in [-0.39, 0.29) is 30.9 Å². The molecule has 0 aliphatic carbocycles. The topological polar surface area (TPSA) is 146 Å². The molecule has 2 heterocycles. The Bertz CT molecular complexity index is 1400. The summed E-state index contributed by atoms with van der Waals surface area (Å²) in [7, 11) is 0. The van der Waals surface area contributed by atoms with Crippen LogP contribution in [0.4, 0.5) is 4.39 Å². The highest BCUT2D eigenvalue weighted by Crippen LogP contribution is 2.17. The van der Waals surface area contributed by atoms with E-state index in [1.165, 1.54) is 0 Å². The van der Waals surface area contributed by atoms with Crippen LogP contribution >= 0.6 is 0 Å². The number of ketones is 1. The molecule has 1 aliphatic heterocycles. The Morgan fingerprint density at radius 2 is 1.61 bits per heavy atom. The number of benzene rings is 2. The number of carbonyl (C=O) groups excluding carboxylic acids is 5. The van der Waals surface area contributed by atoms with Crippen molar-refractivity contribution < 1.29 is 28.4 Å². The van der Waals surface area contributed by atoms with Crippen LogP contribution in [0.2, 0.25) is 0 Å². The van der Waals surface area contributed by atoms with Gasteiger partial charge in [0.2, 0.25) is 17.6 Å². The second-order valence-electron chi connectivity index (χ2n) is 9.71. The molecule has 11 heteroatoms. The molecule has 4 amide bonds. The van der Waals surface area contributed by atoms with Crippen LogP contribution in [0.5, 0.6) is 0 Å². The highest BCUT2D eigenvalue weighted by Gasteiger charge is 2.35. The van der Waals surface area contributed by atoms with E-state index in [0.717, 1.165) is 24.0 Å². The number of rotatable bonds is 12. The number of hydrogen-bond acceptors (Lipinski definition) is 6. The van der Waals surface area contributed by atoms with Crippen LogP contribution in [0.25, 0.3) is 0 Å². The van der Waals surface area contributed by atoms with Gasteiger partial charge in [-0.05, 0) is 30.0 Å². The van der Waals surface area contributed by atoms with Crippen molar-refractivity contribution in [1.82, 2.24) is 26.3 Å². The van der Waals surface area contributed by atoms with Crippen LogP contribution in [-0.4, -0.2) is 53.0 Å². The molecular weight excluding hydrogens is 529 g/mol. The van der Waals surface area contributed by atoms with E-state index in [0.29, 0.717) is 18.5 Å². The van der Waals surface area contributed by atoms with Crippen molar-refractivity contribution >= 4 is 29.4 Å². The molecule has 1 aromatic heterocycles. The molecule has 0 unspecified atom stereocenters. The minimum absolute atomic E-state index is 0.0478. The largest absolute Gasteiger partial charge is 0.356 e. The maximum absolute atomic E-state index is 13.7. The highest BCUT2D eigenvalue weighted by atomic mass is 19.1. The lowest BCUT2D eigenvalue weighted by Gasteiger charge is -2.24. The van der Waals surface area contributed by atoms with Crippen molar-refractivity contribution in [3.05, 3.63) is 102 Å². The Morgan fingerprint density at radius 3 is 2.24 bits per heavy atom. The summed E-state index contributed by atoms with van der Waals surface area (Å²) < 4.78 is 13.7. The summed E-state index contributed by atoms with van der Waals surface area (Å²) in [4.78, 5) is 68.5. The van der Waals surface area contributed by atoms with Crippen molar-refractivity contribution in [3.63, 3.8) is 0 Å². The van der Waals surface area contributed by atoms with Crippen LogP contribution in [0, 0.1) is 11.7 Å². The first-order valence-electron chi connectivity index (χ1n) is 13.2. The predicted octanol–water partition coefficient (Wildman–Crippen LogP) is 1.46. The van der Waals surface area contributed by atoms with Crippen LogP contribution < -0.4 is 21.3 Å². The molecule has 3 atom stereocenters. The molecule has 0 bridgehead atoms. The lowest BCUT2D eigenvalue weighted by atomic mass is 9.94. The molecule has 10 nitrogen and oxygen atoms in total. The van der Waals surface area contributed by atoms with Gasteiger partial charge in [-0.15, -0.1) is 0 Å². The van der Waals surface area contributed by atoms with Gasteiger partial charge in [-0.25, -0.2) is 4.39 Å². The third-order valence-electron chi connectivity index (χ3n) is 6.71. The smallest absolute Gasteiger partial charge is 0.289 e. The molecule has 4 rings (SSSR count). The lowest BCUT2D eigenvalue weighted by Crippen LogP contribution is -2.55. The van der Waals surface area contributed by atoms with E-state index >= 15 is 0 Å². The van der Waals surface area contributed by atoms with Crippen LogP contribution in [-0.2, 0) is 32.1 Å². The molecule has 0 spiro atoms. The predicted molar refractivity (Wildman–Crippen MR) is 147 cm³/mol. The first-order chi connectivity index (χ1) is 19.8. The van der Waals surface area contributed by atoms with Gasteiger partial charge in [0.05, 0.1) is 17.8 Å². The number of nitrogens with zero attached hydrogens (tertiary/aromatic N) is 1. The van der Waals surface area contributed by atoms with Crippen molar-refractivity contribution in [1.29, 1.82) is 0 Å². The second-order valence-corrected chi connectivity index (χ2v) is 9.71. The van der Waals surface area contributed by atoms with E-state index in [1.807, 2.05) is 6.07 Å². The molecule has 1 saturated heterocycles. The summed E-state index contributed by atoms with van der Waals surface area (Å²) in [5.74, 6) is -4.86. The van der Waals surface area contributed by atoms with E-state index in [9.17, 15) is 28.4 Å². The van der Waals surface area contributed by atoms with Crippen LogP contribution in [0.3, 0.4) is 0 Å². The lowest BCUT2D eigenvalue weighted by molar-refractivity contribution is -0.141. The Kier molecular flexibility index (Phi) is 9.87. The standard InChI is InChI=1S/C30H30FN5O5/c31-23-14-22(17-32-18-23)28(39)36-25(13-19-7-3-1-4-8-19)29(40)35-24(15-21-11-12-33-27(21)38)26(37)30(41)34-16-20-9-5-2-6-10-20/h1-10,14,17-18,21,24-25H,11-13,15-16H2,(H,33,38)(H,34,41)(H,35,40)(H,36,39)/t21-,24-,25-/m0/s1. The molecule has 0 radical (unpaired) electrons. The summed E-state index contributed by atoms with van der Waals surface area (Å²) in [6.07, 6.45) is 2.52. The van der Waals surface area contributed by atoms with Gasteiger partial charge < -0.3 is 21.3 Å². The summed E-state index contributed by atoms with van der Waals surface area (Å²) in [5.41, 5.74) is 1.40. The average Bonchev–Trinajstić information content (AvgIpc) is 3.39. The molecule has 1 fully saturated rings. The molecule has 3 aromatic rings. The van der Waals surface area contributed by atoms with Gasteiger partial charge in [0.1, 0.15) is 11.9 Å². The SMILES string of the molecule is O=C(NCc1ccccc1)C(=O)[C@H](C[C@@H]1CCNC1=O)NC(=O)[C@H](Cc1ccccc1)NC(=O)c1cncc(F)c1. The van der Waals surface area contributed by atoms with Gasteiger partial charge in [0, 0.05) is 31.6 Å². The Morgan fingerprint density at radius 1 is 0.927 bits per heavy atom. The highest BCUT2D eigenvalue weighted by molar-refractivity contribution is 6.38. The van der Waals surface area contributed by atoms with Crippen molar-refractivity contribution in [2.45, 2.75) is 37.9 Å². The third kappa shape index (κ3) is 8.28. The second kappa shape index (κ2) is 13.9. The van der Waals surface area contributed by atoms with Gasteiger partial charge >= 0.3 is 0 Å². The van der Waals surface area contributed by atoms with Crippen LogP contribution in [0.15, 0.2) is 79.1 Å². The molecule has 4 N–H and O–H groups in total. The normalized spacial score (nSPS) is 15.7. The zero-order valence-electron chi connectivity index (χ0n) is 22.1. The van der Waals surface area contributed by atoms with E-state index in [2.05, 4.69) is 26.3 Å². The van der Waals surface area contributed by atoms with E-state index < -0.39 is 47.3 Å². The zero-order valence-corrected chi connectivity index (χ0v) is 22.1. The van der Waals surface area contributed by atoms with Crippen LogP contribution in [0.1, 0.15) is 34.3 Å². The maximum atomic E-state index is 13.7. The Hall–Kier alpha value is -4.93. The Labute approximate surface area is 236 Å². The number of halogens is 1. The molecule has 2 aromatic carbocycles. The number of Topliss-reactive ketones (excluding diaryl/α,β-unsaturated/α-hetero) is 1. The molecule has 0 saturated carbocycles. The summed E-state index contributed by atoms with van der Waals surface area (Å²) in [5, 5.41) is 10.4.